The van der Waals surface area contributed by atoms with Crippen molar-refractivity contribution in [1.29, 1.82) is 0 Å². The predicted octanol–water partition coefficient (Wildman–Crippen LogP) is 14.6. The summed E-state index contributed by atoms with van der Waals surface area (Å²) in [4.78, 5) is 27.4. The van der Waals surface area contributed by atoms with Crippen LogP contribution in [0.4, 0.5) is 0 Å². The van der Waals surface area contributed by atoms with Gasteiger partial charge < -0.3 is 20.2 Å². The SMILES string of the molecule is CCCCCC(CCCCC)C(CCCCCCC(O)(CCCCCCC(C(=O)O)C(CCCCC)CCCCC)CCCCN(CCC)CCC)C(=O)O. The van der Waals surface area contributed by atoms with E-state index in [2.05, 4.69) is 46.4 Å². The van der Waals surface area contributed by atoms with E-state index in [4.69, 9.17) is 0 Å². The van der Waals surface area contributed by atoms with Crippen LogP contribution in [0.1, 0.15) is 253 Å². The van der Waals surface area contributed by atoms with Gasteiger partial charge in [0.25, 0.3) is 0 Å². The Balaban J connectivity index is 5.18. The van der Waals surface area contributed by atoms with Crippen molar-refractivity contribution < 1.29 is 24.9 Å². The molecule has 0 spiro atoms. The first-order valence-corrected chi connectivity index (χ1v) is 24.5. The average Bonchev–Trinajstić information content (AvgIpc) is 3.15. The molecule has 0 bridgehead atoms. The largest absolute Gasteiger partial charge is 0.481 e. The van der Waals surface area contributed by atoms with Gasteiger partial charge in [0.15, 0.2) is 0 Å². The van der Waals surface area contributed by atoms with Crippen LogP contribution in [-0.4, -0.2) is 57.4 Å². The number of carboxylic acids is 2. The van der Waals surface area contributed by atoms with Crippen molar-refractivity contribution >= 4 is 11.9 Å². The Morgan fingerprint density at radius 2 is 0.709 bits per heavy atom. The number of aliphatic carboxylic acids is 2. The Kier molecular flexibility index (Phi) is 36.4. The molecule has 328 valence electrons. The van der Waals surface area contributed by atoms with Gasteiger partial charge in [0.05, 0.1) is 17.4 Å². The molecule has 0 amide bonds. The maximum atomic E-state index is 12.4. The molecular formula is C49H97NO5. The Hall–Kier alpha value is -1.14. The third kappa shape index (κ3) is 28.8. The van der Waals surface area contributed by atoms with Crippen LogP contribution in [0.2, 0.25) is 0 Å². The first kappa shape index (κ1) is 53.9. The van der Waals surface area contributed by atoms with Crippen molar-refractivity contribution in [2.75, 3.05) is 19.6 Å². The lowest BCUT2D eigenvalue weighted by Gasteiger charge is -2.29. The van der Waals surface area contributed by atoms with Crippen molar-refractivity contribution in [2.45, 2.75) is 259 Å². The minimum absolute atomic E-state index is 0.218. The number of carboxylic acid groups (broad SMARTS) is 2. The molecule has 6 nitrogen and oxygen atoms in total. The van der Waals surface area contributed by atoms with Gasteiger partial charge in [-0.1, -0.05) is 170 Å². The molecule has 0 aliphatic carbocycles. The molecule has 0 saturated heterocycles. The molecule has 2 atom stereocenters. The van der Waals surface area contributed by atoms with Gasteiger partial charge in [0.1, 0.15) is 0 Å². The summed E-state index contributed by atoms with van der Waals surface area (Å²) in [6.45, 7) is 16.8. The van der Waals surface area contributed by atoms with Gasteiger partial charge in [0.2, 0.25) is 0 Å². The van der Waals surface area contributed by atoms with Crippen molar-refractivity contribution in [1.82, 2.24) is 4.90 Å². The number of hydrogen-bond donors (Lipinski definition) is 3. The summed E-state index contributed by atoms with van der Waals surface area (Å²) in [6, 6.07) is 0. The van der Waals surface area contributed by atoms with E-state index in [1.807, 2.05) is 0 Å². The van der Waals surface area contributed by atoms with E-state index in [0.29, 0.717) is 11.8 Å². The number of unbranched alkanes of at least 4 members (excludes halogenated alkanes) is 15. The highest BCUT2D eigenvalue weighted by Gasteiger charge is 2.29. The van der Waals surface area contributed by atoms with Gasteiger partial charge in [0, 0.05) is 0 Å². The lowest BCUT2D eigenvalue weighted by Crippen LogP contribution is -2.30. The number of nitrogens with zero attached hydrogens (tertiary/aromatic N) is 1. The third-order valence-corrected chi connectivity index (χ3v) is 12.7. The molecule has 0 aliphatic heterocycles. The fourth-order valence-electron chi connectivity index (χ4n) is 9.32. The second-order valence-electron chi connectivity index (χ2n) is 17.8. The summed E-state index contributed by atoms with van der Waals surface area (Å²) in [7, 11) is 0. The summed E-state index contributed by atoms with van der Waals surface area (Å²) in [5, 5.41) is 32.4. The zero-order chi connectivity index (χ0) is 41.0. The molecule has 0 saturated carbocycles. The van der Waals surface area contributed by atoms with Gasteiger partial charge in [-0.15, -0.1) is 0 Å². The predicted molar refractivity (Wildman–Crippen MR) is 237 cm³/mol. The van der Waals surface area contributed by atoms with E-state index in [9.17, 15) is 24.9 Å². The standard InChI is InChI=1S/C49H97NO5/c1-7-13-21-31-43(32-22-14-8-2)45(47(51)52)35-25-17-19-27-37-49(55,39-29-30-42-50(40-11-5)41-12-6)38-28-20-18-26-36-46(48(53)54)44(33-23-15-9-3)34-24-16-10-4/h43-46,55H,7-42H2,1-6H3,(H,51,52)(H,53,54). The molecule has 0 aliphatic rings. The zero-order valence-corrected chi connectivity index (χ0v) is 37.9. The molecule has 0 aromatic carbocycles. The van der Waals surface area contributed by atoms with E-state index in [1.165, 1.54) is 64.2 Å². The summed E-state index contributed by atoms with van der Waals surface area (Å²) >= 11 is 0. The smallest absolute Gasteiger partial charge is 0.306 e. The first-order chi connectivity index (χ1) is 26.6. The fraction of sp³-hybridized carbons (Fsp3) is 0.959. The molecule has 0 heterocycles. The molecule has 2 unspecified atom stereocenters. The highest BCUT2D eigenvalue weighted by molar-refractivity contribution is 5.70. The van der Waals surface area contributed by atoms with Crippen molar-refractivity contribution in [3.8, 4) is 0 Å². The molecule has 0 rings (SSSR count). The molecule has 0 aromatic rings. The Morgan fingerprint density at radius 1 is 0.400 bits per heavy atom. The van der Waals surface area contributed by atoms with E-state index in [0.717, 1.165) is 167 Å². The Labute approximate surface area is 343 Å². The van der Waals surface area contributed by atoms with Crippen LogP contribution in [0.25, 0.3) is 0 Å². The summed E-state index contributed by atoms with van der Waals surface area (Å²) in [5.74, 6) is -1.02. The molecule has 55 heavy (non-hydrogen) atoms. The van der Waals surface area contributed by atoms with E-state index < -0.39 is 17.5 Å². The number of aliphatic hydroxyl groups is 1. The Morgan fingerprint density at radius 3 is 1.02 bits per heavy atom. The third-order valence-electron chi connectivity index (χ3n) is 12.7. The van der Waals surface area contributed by atoms with E-state index in [-0.39, 0.29) is 11.8 Å². The van der Waals surface area contributed by atoms with Gasteiger partial charge in [-0.25, -0.2) is 0 Å². The summed E-state index contributed by atoms with van der Waals surface area (Å²) < 4.78 is 0. The molecule has 3 N–H and O–H groups in total. The van der Waals surface area contributed by atoms with E-state index >= 15 is 0 Å². The number of carbonyl (C=O) groups is 2. The highest BCUT2D eigenvalue weighted by atomic mass is 16.4. The highest BCUT2D eigenvalue weighted by Crippen LogP contribution is 2.33. The minimum Gasteiger partial charge on any atom is -0.481 e. The maximum Gasteiger partial charge on any atom is 0.306 e. The van der Waals surface area contributed by atoms with Crippen LogP contribution in [0.3, 0.4) is 0 Å². The lowest BCUT2D eigenvalue weighted by atomic mass is 9.80. The molecule has 0 aromatic heterocycles. The van der Waals surface area contributed by atoms with Crippen LogP contribution in [0.15, 0.2) is 0 Å². The van der Waals surface area contributed by atoms with Gasteiger partial charge in [-0.05, 0) is 115 Å². The number of rotatable bonds is 43. The fourth-order valence-corrected chi connectivity index (χ4v) is 9.32. The minimum atomic E-state index is -0.638. The van der Waals surface area contributed by atoms with Gasteiger partial charge in [-0.2, -0.15) is 0 Å². The lowest BCUT2D eigenvalue weighted by molar-refractivity contribution is -0.145. The monoisotopic (exact) mass is 780 g/mol. The molecule has 0 fully saturated rings. The second-order valence-corrected chi connectivity index (χ2v) is 17.8. The zero-order valence-electron chi connectivity index (χ0n) is 37.9. The van der Waals surface area contributed by atoms with Crippen molar-refractivity contribution in [3.63, 3.8) is 0 Å². The van der Waals surface area contributed by atoms with Crippen LogP contribution in [-0.2, 0) is 9.59 Å². The average molecular weight is 780 g/mol. The molecule has 6 heteroatoms. The topological polar surface area (TPSA) is 98.1 Å². The van der Waals surface area contributed by atoms with Crippen molar-refractivity contribution in [3.05, 3.63) is 0 Å². The van der Waals surface area contributed by atoms with E-state index in [1.54, 1.807) is 0 Å². The quantitative estimate of drug-likeness (QED) is 0.0533. The summed E-state index contributed by atoms with van der Waals surface area (Å²) in [6.07, 6.45) is 35.0. The summed E-state index contributed by atoms with van der Waals surface area (Å²) in [5.41, 5.74) is -0.638. The molecule has 0 radical (unpaired) electrons. The van der Waals surface area contributed by atoms with Crippen LogP contribution in [0.5, 0.6) is 0 Å². The first-order valence-electron chi connectivity index (χ1n) is 24.5. The van der Waals surface area contributed by atoms with Crippen LogP contribution >= 0.6 is 0 Å². The van der Waals surface area contributed by atoms with Gasteiger partial charge >= 0.3 is 11.9 Å². The number of hydrogen-bond acceptors (Lipinski definition) is 4. The Bertz CT molecular complexity index is 784. The van der Waals surface area contributed by atoms with Crippen LogP contribution in [0, 0.1) is 23.7 Å². The molecular weight excluding hydrogens is 683 g/mol. The normalized spacial score (nSPS) is 14.2. The van der Waals surface area contributed by atoms with Gasteiger partial charge in [-0.3, -0.25) is 9.59 Å². The van der Waals surface area contributed by atoms with Crippen LogP contribution < -0.4 is 0 Å². The second kappa shape index (κ2) is 37.2. The van der Waals surface area contributed by atoms with Crippen molar-refractivity contribution in [2.24, 2.45) is 23.7 Å². The maximum absolute atomic E-state index is 12.4.